The first kappa shape index (κ1) is 15.3. The van der Waals surface area contributed by atoms with Crippen LogP contribution in [0.4, 0.5) is 5.69 Å². The van der Waals surface area contributed by atoms with Crippen LogP contribution in [0.5, 0.6) is 5.75 Å². The Balaban J connectivity index is 2.19. The molecule has 0 atom stereocenters. The Hall–Kier alpha value is -2.56. The fourth-order valence-corrected chi connectivity index (χ4v) is 2.52. The number of anilines is 1. The van der Waals surface area contributed by atoms with Crippen molar-refractivity contribution in [2.75, 3.05) is 12.4 Å². The molecule has 0 spiro atoms. The minimum Gasteiger partial charge on any atom is -0.505 e. The van der Waals surface area contributed by atoms with Crippen molar-refractivity contribution in [1.82, 2.24) is 15.0 Å². The summed E-state index contributed by atoms with van der Waals surface area (Å²) >= 11 is 0. The van der Waals surface area contributed by atoms with Crippen molar-refractivity contribution in [3.8, 4) is 11.4 Å². The molecule has 0 bridgehead atoms. The van der Waals surface area contributed by atoms with E-state index >= 15 is 0 Å². The van der Waals surface area contributed by atoms with Crippen LogP contribution in [0.1, 0.15) is 31.9 Å². The van der Waals surface area contributed by atoms with Crippen LogP contribution in [0.2, 0.25) is 0 Å². The van der Waals surface area contributed by atoms with Gasteiger partial charge in [-0.05, 0) is 47.7 Å². The van der Waals surface area contributed by atoms with Crippen LogP contribution in [0, 0.1) is 6.92 Å². The highest BCUT2D eigenvalue weighted by Crippen LogP contribution is 2.32. The molecule has 23 heavy (non-hydrogen) atoms. The van der Waals surface area contributed by atoms with Crippen molar-refractivity contribution in [3.63, 3.8) is 0 Å². The normalized spacial score (nSPS) is 11.9. The SMILES string of the molecule is CNc1ccc2nn(-c3cc(C(C)(C)C)cc(C)c3O)nc2c1. The molecule has 1 aromatic heterocycles. The average molecular weight is 310 g/mol. The molecule has 0 fully saturated rings. The lowest BCUT2D eigenvalue weighted by Crippen LogP contribution is -2.13. The summed E-state index contributed by atoms with van der Waals surface area (Å²) in [5.74, 6) is 0.215. The summed E-state index contributed by atoms with van der Waals surface area (Å²) < 4.78 is 0. The van der Waals surface area contributed by atoms with Gasteiger partial charge in [0.25, 0.3) is 0 Å². The third-order valence-corrected chi connectivity index (χ3v) is 4.03. The largest absolute Gasteiger partial charge is 0.505 e. The molecule has 0 aliphatic heterocycles. The number of aromatic hydroxyl groups is 1. The Morgan fingerprint density at radius 1 is 1.04 bits per heavy atom. The van der Waals surface area contributed by atoms with Gasteiger partial charge in [0.1, 0.15) is 22.5 Å². The van der Waals surface area contributed by atoms with Gasteiger partial charge in [-0.2, -0.15) is 0 Å². The summed E-state index contributed by atoms with van der Waals surface area (Å²) in [5.41, 5.74) is 5.12. The fourth-order valence-electron chi connectivity index (χ4n) is 2.52. The van der Waals surface area contributed by atoms with E-state index < -0.39 is 0 Å². The average Bonchev–Trinajstić information content (AvgIpc) is 2.91. The van der Waals surface area contributed by atoms with Crippen LogP contribution in [0.25, 0.3) is 16.7 Å². The molecule has 3 rings (SSSR count). The van der Waals surface area contributed by atoms with Crippen molar-refractivity contribution >= 4 is 16.7 Å². The van der Waals surface area contributed by atoms with Gasteiger partial charge >= 0.3 is 0 Å². The lowest BCUT2D eigenvalue weighted by Gasteiger charge is -2.21. The van der Waals surface area contributed by atoms with Crippen molar-refractivity contribution in [1.29, 1.82) is 0 Å². The first-order chi connectivity index (χ1) is 10.8. The van der Waals surface area contributed by atoms with E-state index in [2.05, 4.69) is 36.3 Å². The Bertz CT molecular complexity index is 875. The molecule has 0 unspecified atom stereocenters. The molecule has 0 amide bonds. The van der Waals surface area contributed by atoms with E-state index in [1.165, 1.54) is 4.80 Å². The predicted octanol–water partition coefficient (Wildman–Crippen LogP) is 3.77. The second-order valence-electron chi connectivity index (χ2n) is 6.85. The molecule has 1 heterocycles. The maximum Gasteiger partial charge on any atom is 0.146 e. The maximum absolute atomic E-state index is 10.5. The van der Waals surface area contributed by atoms with Crippen LogP contribution in [-0.2, 0) is 5.41 Å². The second kappa shape index (κ2) is 5.26. The quantitative estimate of drug-likeness (QED) is 0.756. The minimum atomic E-state index is -0.0148. The van der Waals surface area contributed by atoms with Gasteiger partial charge in [-0.15, -0.1) is 15.0 Å². The Labute approximate surface area is 135 Å². The number of phenols is 1. The predicted molar refractivity (Wildman–Crippen MR) is 93.5 cm³/mol. The van der Waals surface area contributed by atoms with Gasteiger partial charge in [0.15, 0.2) is 0 Å². The van der Waals surface area contributed by atoms with E-state index in [1.54, 1.807) is 0 Å². The molecule has 5 nitrogen and oxygen atoms in total. The van der Waals surface area contributed by atoms with Gasteiger partial charge < -0.3 is 10.4 Å². The molecule has 0 aliphatic carbocycles. The van der Waals surface area contributed by atoms with E-state index in [9.17, 15) is 5.11 Å². The molecule has 0 aliphatic rings. The highest BCUT2D eigenvalue weighted by atomic mass is 16.3. The fraction of sp³-hybridized carbons (Fsp3) is 0.333. The van der Waals surface area contributed by atoms with E-state index in [0.717, 1.165) is 27.8 Å². The highest BCUT2D eigenvalue weighted by Gasteiger charge is 2.19. The summed E-state index contributed by atoms with van der Waals surface area (Å²) in [6.45, 7) is 8.34. The standard InChI is InChI=1S/C18H22N4O/c1-11-8-12(18(2,3)4)9-16(17(11)23)22-20-14-7-6-13(19-5)10-15(14)21-22/h6-10,19,23H,1-5H3. The van der Waals surface area contributed by atoms with Crippen molar-refractivity contribution in [3.05, 3.63) is 41.5 Å². The van der Waals surface area contributed by atoms with Crippen molar-refractivity contribution in [2.45, 2.75) is 33.1 Å². The van der Waals surface area contributed by atoms with Crippen LogP contribution >= 0.6 is 0 Å². The maximum atomic E-state index is 10.5. The number of benzene rings is 2. The summed E-state index contributed by atoms with van der Waals surface area (Å²) in [7, 11) is 1.87. The summed E-state index contributed by atoms with van der Waals surface area (Å²) in [4.78, 5) is 1.52. The monoisotopic (exact) mass is 310 g/mol. The van der Waals surface area contributed by atoms with Crippen molar-refractivity contribution < 1.29 is 5.11 Å². The molecule has 5 heteroatoms. The third kappa shape index (κ3) is 2.74. The lowest BCUT2D eigenvalue weighted by atomic mass is 9.85. The van der Waals surface area contributed by atoms with E-state index in [-0.39, 0.29) is 11.2 Å². The second-order valence-corrected chi connectivity index (χ2v) is 6.85. The molecule has 2 aromatic carbocycles. The Morgan fingerprint density at radius 3 is 2.39 bits per heavy atom. The van der Waals surface area contributed by atoms with Crippen LogP contribution in [-0.4, -0.2) is 27.1 Å². The van der Waals surface area contributed by atoms with Gasteiger partial charge in [-0.25, -0.2) is 0 Å². The van der Waals surface area contributed by atoms with Crippen molar-refractivity contribution in [2.24, 2.45) is 0 Å². The first-order valence-corrected chi connectivity index (χ1v) is 7.69. The highest BCUT2D eigenvalue weighted by molar-refractivity contribution is 5.78. The van der Waals surface area contributed by atoms with Gasteiger partial charge in [0.2, 0.25) is 0 Å². The zero-order valence-corrected chi connectivity index (χ0v) is 14.2. The van der Waals surface area contributed by atoms with E-state index in [4.69, 9.17) is 0 Å². The van der Waals surface area contributed by atoms with Crippen LogP contribution in [0.3, 0.4) is 0 Å². The summed E-state index contributed by atoms with van der Waals surface area (Å²) in [5, 5.41) is 22.6. The van der Waals surface area contributed by atoms with Gasteiger partial charge in [-0.1, -0.05) is 26.8 Å². The number of phenolic OH excluding ortho intramolecular Hbond substituents is 1. The Kier molecular flexibility index (Phi) is 3.51. The number of hydrogen-bond donors (Lipinski definition) is 2. The number of nitrogens with one attached hydrogen (secondary N) is 1. The topological polar surface area (TPSA) is 63.0 Å². The smallest absolute Gasteiger partial charge is 0.146 e. The summed E-state index contributed by atoms with van der Waals surface area (Å²) in [6, 6.07) is 9.79. The van der Waals surface area contributed by atoms with Gasteiger partial charge in [0.05, 0.1) is 0 Å². The van der Waals surface area contributed by atoms with E-state index in [1.807, 2.05) is 44.3 Å². The molecule has 0 saturated carbocycles. The number of nitrogens with zero attached hydrogens (tertiary/aromatic N) is 3. The number of aromatic nitrogens is 3. The molecule has 3 aromatic rings. The number of rotatable bonds is 2. The third-order valence-electron chi connectivity index (χ3n) is 4.03. The van der Waals surface area contributed by atoms with Crippen LogP contribution < -0.4 is 5.32 Å². The molecule has 0 saturated heterocycles. The van der Waals surface area contributed by atoms with Gasteiger partial charge in [0, 0.05) is 12.7 Å². The zero-order chi connectivity index (χ0) is 16.8. The Morgan fingerprint density at radius 2 is 1.74 bits per heavy atom. The van der Waals surface area contributed by atoms with Gasteiger partial charge in [-0.3, -0.25) is 0 Å². The van der Waals surface area contributed by atoms with Crippen LogP contribution in [0.15, 0.2) is 30.3 Å². The summed E-state index contributed by atoms with van der Waals surface area (Å²) in [6.07, 6.45) is 0. The minimum absolute atomic E-state index is 0.0148. The molecule has 120 valence electrons. The first-order valence-electron chi connectivity index (χ1n) is 7.69. The lowest BCUT2D eigenvalue weighted by molar-refractivity contribution is 0.462. The molecule has 0 radical (unpaired) electrons. The zero-order valence-electron chi connectivity index (χ0n) is 14.2. The number of fused-ring (bicyclic) bond motifs is 1. The number of aryl methyl sites for hydroxylation is 1. The number of hydrogen-bond acceptors (Lipinski definition) is 4. The molecular formula is C18H22N4O. The van der Waals surface area contributed by atoms with E-state index in [0.29, 0.717) is 5.69 Å². The molecular weight excluding hydrogens is 288 g/mol. The molecule has 2 N–H and O–H groups in total.